The molecule has 6 heteroatoms. The van der Waals surface area contributed by atoms with Crippen LogP contribution in [0, 0.1) is 0 Å². The molecule has 0 bridgehead atoms. The van der Waals surface area contributed by atoms with Crippen molar-refractivity contribution in [2.24, 2.45) is 0 Å². The van der Waals surface area contributed by atoms with Crippen LogP contribution in [-0.2, 0) is 4.79 Å². The molecule has 1 aliphatic rings. The largest absolute Gasteiger partial charge is 0.478 e. The van der Waals surface area contributed by atoms with Crippen LogP contribution in [0.1, 0.15) is 17.3 Å². The Morgan fingerprint density at radius 2 is 2.00 bits per heavy atom. The van der Waals surface area contributed by atoms with Crippen molar-refractivity contribution in [3.05, 3.63) is 23.8 Å². The fourth-order valence-corrected chi connectivity index (χ4v) is 2.93. The molecule has 1 heterocycles. The summed E-state index contributed by atoms with van der Waals surface area (Å²) in [5, 5.41) is 11.8. The predicted octanol–water partition coefficient (Wildman–Crippen LogP) is 1.90. The molecule has 1 aromatic rings. The fraction of sp³-hybridized carbons (Fsp3) is 0.385. The average Bonchev–Trinajstić information content (AvgIpc) is 2.39. The minimum absolute atomic E-state index is 0.130. The summed E-state index contributed by atoms with van der Waals surface area (Å²) in [5.74, 6) is 0.799. The van der Waals surface area contributed by atoms with E-state index < -0.39 is 5.97 Å². The van der Waals surface area contributed by atoms with E-state index in [0.717, 1.165) is 30.3 Å². The third-order valence-electron chi connectivity index (χ3n) is 2.92. The molecule has 2 N–H and O–H groups in total. The normalized spacial score (nSPS) is 15.1. The molecule has 2 rings (SSSR count). The number of hydrogen-bond donors (Lipinski definition) is 2. The van der Waals surface area contributed by atoms with Gasteiger partial charge < -0.3 is 15.3 Å². The Balaban J connectivity index is 2.29. The van der Waals surface area contributed by atoms with Crippen LogP contribution >= 0.6 is 11.8 Å². The summed E-state index contributed by atoms with van der Waals surface area (Å²) in [7, 11) is 0. The molecule has 1 aromatic carbocycles. The molecular formula is C13H16N2O3S. The number of nitrogens with zero attached hydrogens (tertiary/aromatic N) is 1. The lowest BCUT2D eigenvalue weighted by atomic mass is 10.1. The van der Waals surface area contributed by atoms with Gasteiger partial charge in [0.05, 0.1) is 11.3 Å². The lowest BCUT2D eigenvalue weighted by Crippen LogP contribution is -2.32. The highest BCUT2D eigenvalue weighted by Crippen LogP contribution is 2.25. The van der Waals surface area contributed by atoms with Gasteiger partial charge in [0.25, 0.3) is 0 Å². The van der Waals surface area contributed by atoms with E-state index in [9.17, 15) is 14.7 Å². The number of benzene rings is 1. The molecule has 0 spiro atoms. The maximum atomic E-state index is 11.3. The van der Waals surface area contributed by atoms with Crippen molar-refractivity contribution in [3.8, 4) is 0 Å². The van der Waals surface area contributed by atoms with Gasteiger partial charge in [-0.3, -0.25) is 4.79 Å². The van der Waals surface area contributed by atoms with E-state index in [1.165, 1.54) is 6.92 Å². The molecule has 1 aliphatic heterocycles. The van der Waals surface area contributed by atoms with E-state index in [1.54, 1.807) is 12.1 Å². The summed E-state index contributed by atoms with van der Waals surface area (Å²) >= 11 is 1.90. The highest BCUT2D eigenvalue weighted by molar-refractivity contribution is 7.99. The van der Waals surface area contributed by atoms with E-state index in [1.807, 2.05) is 17.8 Å². The Morgan fingerprint density at radius 3 is 2.58 bits per heavy atom. The van der Waals surface area contributed by atoms with Crippen LogP contribution in [0.15, 0.2) is 18.2 Å². The zero-order valence-electron chi connectivity index (χ0n) is 10.7. The molecule has 0 radical (unpaired) electrons. The lowest BCUT2D eigenvalue weighted by molar-refractivity contribution is -0.114. The number of aromatic carboxylic acids is 1. The monoisotopic (exact) mass is 280 g/mol. The highest BCUT2D eigenvalue weighted by Gasteiger charge is 2.16. The second-order valence-corrected chi connectivity index (χ2v) is 5.54. The van der Waals surface area contributed by atoms with Gasteiger partial charge in [0.15, 0.2) is 0 Å². The third-order valence-corrected chi connectivity index (χ3v) is 3.86. The van der Waals surface area contributed by atoms with Gasteiger partial charge in [0, 0.05) is 37.2 Å². The third kappa shape index (κ3) is 3.41. The number of carbonyl (C=O) groups excluding carboxylic acids is 1. The molecule has 0 unspecified atom stereocenters. The van der Waals surface area contributed by atoms with Gasteiger partial charge in [-0.1, -0.05) is 0 Å². The molecular weight excluding hydrogens is 264 g/mol. The number of hydrogen-bond acceptors (Lipinski definition) is 4. The number of carbonyl (C=O) groups is 2. The first-order valence-corrected chi connectivity index (χ1v) is 7.21. The maximum Gasteiger partial charge on any atom is 0.337 e. The van der Waals surface area contributed by atoms with Crippen LogP contribution in [0.2, 0.25) is 0 Å². The fourth-order valence-electron chi connectivity index (χ4n) is 2.03. The van der Waals surface area contributed by atoms with Crippen LogP contribution in [0.3, 0.4) is 0 Å². The standard InChI is InChI=1S/C13H16N2O3S/c1-9(16)14-12-3-2-10(8-11(12)13(17)18)15-4-6-19-7-5-15/h2-3,8H,4-7H2,1H3,(H,14,16)(H,17,18). The van der Waals surface area contributed by atoms with Crippen molar-refractivity contribution in [2.75, 3.05) is 34.8 Å². The van der Waals surface area contributed by atoms with Crippen LogP contribution < -0.4 is 10.2 Å². The Labute approximate surface area is 116 Å². The van der Waals surface area contributed by atoms with Crippen LogP contribution in [0.25, 0.3) is 0 Å². The Bertz CT molecular complexity index is 499. The summed E-state index contributed by atoms with van der Waals surface area (Å²) in [6.07, 6.45) is 0. The molecule has 102 valence electrons. The van der Waals surface area contributed by atoms with E-state index in [-0.39, 0.29) is 11.5 Å². The molecule has 19 heavy (non-hydrogen) atoms. The Kier molecular flexibility index (Phi) is 4.31. The van der Waals surface area contributed by atoms with E-state index in [4.69, 9.17) is 0 Å². The highest BCUT2D eigenvalue weighted by atomic mass is 32.2. The van der Waals surface area contributed by atoms with Gasteiger partial charge in [0.2, 0.25) is 5.91 Å². The maximum absolute atomic E-state index is 11.3. The van der Waals surface area contributed by atoms with Crippen molar-refractivity contribution in [1.82, 2.24) is 0 Å². The van der Waals surface area contributed by atoms with Gasteiger partial charge in [-0.05, 0) is 18.2 Å². The van der Waals surface area contributed by atoms with Gasteiger partial charge in [-0.15, -0.1) is 0 Å². The molecule has 0 saturated carbocycles. The van der Waals surface area contributed by atoms with E-state index >= 15 is 0 Å². The van der Waals surface area contributed by atoms with Crippen molar-refractivity contribution in [2.45, 2.75) is 6.92 Å². The Hall–Kier alpha value is -1.69. The Morgan fingerprint density at radius 1 is 1.32 bits per heavy atom. The smallest absolute Gasteiger partial charge is 0.337 e. The van der Waals surface area contributed by atoms with Crippen molar-refractivity contribution < 1.29 is 14.7 Å². The quantitative estimate of drug-likeness (QED) is 0.885. The second kappa shape index (κ2) is 5.97. The summed E-state index contributed by atoms with van der Waals surface area (Å²) in [6.45, 7) is 3.20. The van der Waals surface area contributed by atoms with Crippen molar-refractivity contribution in [1.29, 1.82) is 0 Å². The summed E-state index contributed by atoms with van der Waals surface area (Å²) in [4.78, 5) is 24.5. The summed E-state index contributed by atoms with van der Waals surface area (Å²) < 4.78 is 0. The van der Waals surface area contributed by atoms with Crippen molar-refractivity contribution >= 4 is 35.0 Å². The minimum Gasteiger partial charge on any atom is -0.478 e. The minimum atomic E-state index is -1.03. The average molecular weight is 280 g/mol. The van der Waals surface area contributed by atoms with Gasteiger partial charge in [0.1, 0.15) is 0 Å². The van der Waals surface area contributed by atoms with Crippen LogP contribution in [0.5, 0.6) is 0 Å². The second-order valence-electron chi connectivity index (χ2n) is 4.32. The topological polar surface area (TPSA) is 69.6 Å². The molecule has 1 fully saturated rings. The first kappa shape index (κ1) is 13.7. The first-order valence-electron chi connectivity index (χ1n) is 6.05. The molecule has 0 aromatic heterocycles. The number of carboxylic acid groups (broad SMARTS) is 1. The number of amides is 1. The molecule has 0 aliphatic carbocycles. The van der Waals surface area contributed by atoms with Gasteiger partial charge >= 0.3 is 5.97 Å². The zero-order chi connectivity index (χ0) is 13.8. The first-order chi connectivity index (χ1) is 9.08. The van der Waals surface area contributed by atoms with Crippen molar-refractivity contribution in [3.63, 3.8) is 0 Å². The summed E-state index contributed by atoms with van der Waals surface area (Å²) in [5.41, 5.74) is 1.37. The number of thioether (sulfide) groups is 1. The molecule has 1 saturated heterocycles. The van der Waals surface area contributed by atoms with E-state index in [2.05, 4.69) is 10.2 Å². The SMILES string of the molecule is CC(=O)Nc1ccc(N2CCSCC2)cc1C(=O)O. The number of anilines is 2. The predicted molar refractivity (Wildman–Crippen MR) is 77.2 cm³/mol. The molecule has 0 atom stereocenters. The lowest BCUT2D eigenvalue weighted by Gasteiger charge is -2.29. The van der Waals surface area contributed by atoms with E-state index in [0.29, 0.717) is 5.69 Å². The van der Waals surface area contributed by atoms with Gasteiger partial charge in [-0.25, -0.2) is 4.79 Å². The molecule has 5 nitrogen and oxygen atoms in total. The van der Waals surface area contributed by atoms with Crippen LogP contribution in [-0.4, -0.2) is 41.6 Å². The summed E-state index contributed by atoms with van der Waals surface area (Å²) in [6, 6.07) is 5.14. The zero-order valence-corrected chi connectivity index (χ0v) is 11.5. The molecule has 1 amide bonds. The van der Waals surface area contributed by atoms with Gasteiger partial charge in [-0.2, -0.15) is 11.8 Å². The number of rotatable bonds is 3. The van der Waals surface area contributed by atoms with Crippen LogP contribution in [0.4, 0.5) is 11.4 Å². The number of nitrogens with one attached hydrogen (secondary N) is 1. The number of carboxylic acids is 1.